The van der Waals surface area contributed by atoms with Crippen LogP contribution in [0.4, 0.5) is 5.69 Å². The number of imidazole rings is 1. The predicted molar refractivity (Wildman–Crippen MR) is 173 cm³/mol. The molecule has 0 aliphatic heterocycles. The summed E-state index contributed by atoms with van der Waals surface area (Å²) >= 11 is 0. The first-order valence-electron chi connectivity index (χ1n) is 14.9. The molecule has 11 nitrogen and oxygen atoms in total. The molecular formula is C34H39N5O6. The van der Waals surface area contributed by atoms with Crippen LogP contribution in [0.5, 0.6) is 17.2 Å². The number of amides is 2. The fraction of sp³-hybridized carbons (Fsp3) is 0.353. The van der Waals surface area contributed by atoms with Crippen LogP contribution in [-0.4, -0.2) is 55.3 Å². The lowest BCUT2D eigenvalue weighted by atomic mass is 9.95. The number of para-hydroxylation sites is 2. The number of carbonyl (C=O) groups is 2. The first kappa shape index (κ1) is 31.4. The Morgan fingerprint density at radius 2 is 1.80 bits per heavy atom. The van der Waals surface area contributed by atoms with Gasteiger partial charge in [-0.2, -0.15) is 0 Å². The number of benzene rings is 2. The molecule has 45 heavy (non-hydrogen) atoms. The van der Waals surface area contributed by atoms with Crippen molar-refractivity contribution in [3.63, 3.8) is 0 Å². The number of anilines is 1. The van der Waals surface area contributed by atoms with Gasteiger partial charge in [-0.1, -0.05) is 18.2 Å². The Hall–Kier alpha value is -5.06. The van der Waals surface area contributed by atoms with Crippen molar-refractivity contribution in [2.75, 3.05) is 33.2 Å². The normalized spacial score (nSPS) is 14.4. The zero-order valence-electron chi connectivity index (χ0n) is 26.4. The number of ether oxygens (including phenoxy) is 3. The summed E-state index contributed by atoms with van der Waals surface area (Å²) in [5.74, 6) is 1.84. The molecule has 2 atom stereocenters. The Labute approximate surface area is 261 Å². The highest BCUT2D eigenvalue weighted by atomic mass is 16.5. The van der Waals surface area contributed by atoms with E-state index in [2.05, 4.69) is 20.9 Å². The van der Waals surface area contributed by atoms with E-state index in [1.807, 2.05) is 48.0 Å². The molecule has 236 valence electrons. The van der Waals surface area contributed by atoms with Crippen LogP contribution in [-0.2, 0) is 29.5 Å². The Balaban J connectivity index is 1.43. The fourth-order valence-electron chi connectivity index (χ4n) is 6.00. The second-order valence-electron chi connectivity index (χ2n) is 11.1. The Bertz CT molecular complexity index is 1820. The first-order valence-corrected chi connectivity index (χ1v) is 14.9. The number of fused-ring (bicyclic) bond motifs is 4. The monoisotopic (exact) mass is 613 g/mol. The standard InChI is InChI=1S/C34H39N5O6/c1-19(34(42)35-16-15-30-38-25-9-7-8-10-27(25)39(30)3)36-26-14-12-22-23(18-28(26)41)24(37-20(2)40)13-11-21-17-29(43-4)32(44-5)33(45-6)31(21)22/h7-10,12,14,17-19,24H,11,13,15-16H2,1-6H3,(H,35,42)(H,36,41)(H,37,40). The average Bonchev–Trinajstić information content (AvgIpc) is 3.16. The number of aromatic nitrogens is 2. The van der Waals surface area contributed by atoms with Gasteiger partial charge in [0.2, 0.25) is 23.0 Å². The number of hydrogen-bond acceptors (Lipinski definition) is 8. The third-order valence-corrected chi connectivity index (χ3v) is 8.21. The van der Waals surface area contributed by atoms with Gasteiger partial charge in [-0.25, -0.2) is 4.98 Å². The van der Waals surface area contributed by atoms with Gasteiger partial charge in [0.25, 0.3) is 0 Å². The van der Waals surface area contributed by atoms with E-state index >= 15 is 0 Å². The molecule has 1 aliphatic carbocycles. The molecule has 3 N–H and O–H groups in total. The summed E-state index contributed by atoms with van der Waals surface area (Å²) in [6, 6.07) is 13.7. The highest BCUT2D eigenvalue weighted by molar-refractivity contribution is 5.86. The number of rotatable bonds is 10. The number of methoxy groups -OCH3 is 3. The summed E-state index contributed by atoms with van der Waals surface area (Å²) in [7, 11) is 6.62. The maximum absolute atomic E-state index is 13.6. The van der Waals surface area contributed by atoms with Crippen LogP contribution in [0.1, 0.15) is 43.3 Å². The number of aryl methyl sites for hydroxylation is 2. The van der Waals surface area contributed by atoms with Crippen molar-refractivity contribution >= 4 is 28.5 Å². The van der Waals surface area contributed by atoms with Gasteiger partial charge in [-0.3, -0.25) is 14.4 Å². The number of hydrogen-bond donors (Lipinski definition) is 3. The molecule has 1 heterocycles. The van der Waals surface area contributed by atoms with E-state index in [0.29, 0.717) is 54.2 Å². The predicted octanol–water partition coefficient (Wildman–Crippen LogP) is 3.91. The van der Waals surface area contributed by atoms with Gasteiger partial charge >= 0.3 is 0 Å². The second kappa shape index (κ2) is 13.3. The van der Waals surface area contributed by atoms with Crippen LogP contribution in [0.15, 0.2) is 53.3 Å². The Morgan fingerprint density at radius 3 is 2.49 bits per heavy atom. The molecule has 0 radical (unpaired) electrons. The SMILES string of the molecule is COc1cc2c(c(OC)c1OC)-c1ccc(NC(C)C(=O)NCCc3nc4ccccc4n3C)c(=O)cc1C(NC(C)=O)CC2. The third kappa shape index (κ3) is 6.29. The van der Waals surface area contributed by atoms with Crippen molar-refractivity contribution < 1.29 is 23.8 Å². The molecule has 0 spiro atoms. The highest BCUT2D eigenvalue weighted by Crippen LogP contribution is 2.50. The van der Waals surface area contributed by atoms with Crippen LogP contribution in [0, 0.1) is 0 Å². The van der Waals surface area contributed by atoms with E-state index in [1.54, 1.807) is 27.2 Å². The van der Waals surface area contributed by atoms with Crippen molar-refractivity contribution in [1.29, 1.82) is 0 Å². The van der Waals surface area contributed by atoms with E-state index in [0.717, 1.165) is 28.0 Å². The summed E-state index contributed by atoms with van der Waals surface area (Å²) in [6.45, 7) is 3.55. The van der Waals surface area contributed by atoms with Gasteiger partial charge in [0, 0.05) is 32.5 Å². The molecule has 11 heteroatoms. The molecule has 2 unspecified atom stereocenters. The number of carbonyl (C=O) groups excluding carboxylic acids is 2. The minimum atomic E-state index is -0.697. The lowest BCUT2D eigenvalue weighted by Gasteiger charge is -2.19. The van der Waals surface area contributed by atoms with Crippen LogP contribution in [0.25, 0.3) is 22.2 Å². The summed E-state index contributed by atoms with van der Waals surface area (Å²) in [5.41, 5.74) is 4.93. The zero-order chi connectivity index (χ0) is 32.2. The average molecular weight is 614 g/mol. The number of nitrogens with one attached hydrogen (secondary N) is 3. The molecule has 5 rings (SSSR count). The lowest BCUT2D eigenvalue weighted by Crippen LogP contribution is -2.39. The van der Waals surface area contributed by atoms with E-state index < -0.39 is 12.1 Å². The summed E-state index contributed by atoms with van der Waals surface area (Å²) < 4.78 is 19.1. The highest BCUT2D eigenvalue weighted by Gasteiger charge is 2.29. The van der Waals surface area contributed by atoms with Crippen molar-refractivity contribution in [2.24, 2.45) is 7.05 Å². The van der Waals surface area contributed by atoms with Gasteiger partial charge < -0.3 is 34.7 Å². The maximum atomic E-state index is 13.6. The smallest absolute Gasteiger partial charge is 0.242 e. The van der Waals surface area contributed by atoms with Gasteiger partial charge in [0.15, 0.2) is 11.5 Å². The quantitative estimate of drug-likeness (QED) is 0.245. The molecule has 1 aliphatic rings. The van der Waals surface area contributed by atoms with Crippen LogP contribution in [0.2, 0.25) is 0 Å². The summed E-state index contributed by atoms with van der Waals surface area (Å²) in [4.78, 5) is 43.5. The molecule has 0 bridgehead atoms. The largest absolute Gasteiger partial charge is 0.493 e. The minimum Gasteiger partial charge on any atom is -0.493 e. The zero-order valence-corrected chi connectivity index (χ0v) is 26.4. The topological polar surface area (TPSA) is 133 Å². The van der Waals surface area contributed by atoms with Gasteiger partial charge in [-0.05, 0) is 66.8 Å². The minimum absolute atomic E-state index is 0.208. The Kier molecular flexibility index (Phi) is 9.26. The second-order valence-corrected chi connectivity index (χ2v) is 11.1. The fourth-order valence-corrected chi connectivity index (χ4v) is 6.00. The lowest BCUT2D eigenvalue weighted by molar-refractivity contribution is -0.121. The van der Waals surface area contributed by atoms with Crippen LogP contribution >= 0.6 is 0 Å². The molecule has 3 aromatic carbocycles. The van der Waals surface area contributed by atoms with Crippen molar-refractivity contribution in [2.45, 2.75) is 45.2 Å². The maximum Gasteiger partial charge on any atom is 0.242 e. The van der Waals surface area contributed by atoms with E-state index in [9.17, 15) is 14.4 Å². The first-order chi connectivity index (χ1) is 21.7. The van der Waals surface area contributed by atoms with Crippen LogP contribution in [0.3, 0.4) is 0 Å². The molecule has 0 fully saturated rings. The van der Waals surface area contributed by atoms with Crippen molar-refractivity contribution in [1.82, 2.24) is 20.2 Å². The van der Waals surface area contributed by atoms with Gasteiger partial charge in [-0.15, -0.1) is 0 Å². The molecule has 2 amide bonds. The van der Waals surface area contributed by atoms with E-state index in [-0.39, 0.29) is 22.9 Å². The van der Waals surface area contributed by atoms with E-state index in [1.165, 1.54) is 20.1 Å². The Morgan fingerprint density at radius 1 is 1.04 bits per heavy atom. The summed E-state index contributed by atoms with van der Waals surface area (Å²) in [6.07, 6.45) is 1.71. The van der Waals surface area contributed by atoms with Gasteiger partial charge in [0.05, 0.1) is 44.1 Å². The number of nitrogens with zero attached hydrogens (tertiary/aromatic N) is 2. The van der Waals surface area contributed by atoms with Crippen LogP contribution < -0.4 is 35.6 Å². The molecule has 4 aromatic rings. The molecule has 0 saturated heterocycles. The summed E-state index contributed by atoms with van der Waals surface area (Å²) in [5, 5.41) is 9.04. The van der Waals surface area contributed by atoms with Crippen molar-refractivity contribution in [3.05, 3.63) is 75.7 Å². The van der Waals surface area contributed by atoms with Gasteiger partial charge in [0.1, 0.15) is 11.9 Å². The molecular weight excluding hydrogens is 574 g/mol. The third-order valence-electron chi connectivity index (χ3n) is 8.21. The van der Waals surface area contributed by atoms with Crippen molar-refractivity contribution in [3.8, 4) is 28.4 Å². The molecule has 1 aromatic heterocycles. The van der Waals surface area contributed by atoms with E-state index in [4.69, 9.17) is 14.2 Å². The molecule has 0 saturated carbocycles.